The summed E-state index contributed by atoms with van der Waals surface area (Å²) in [4.78, 5) is 4.76. The minimum atomic E-state index is 0.420. The van der Waals surface area contributed by atoms with Crippen LogP contribution in [0.4, 0.5) is 0 Å². The summed E-state index contributed by atoms with van der Waals surface area (Å²) >= 11 is 0. The molecule has 0 saturated carbocycles. The Morgan fingerprint density at radius 3 is 2.62 bits per heavy atom. The van der Waals surface area contributed by atoms with Gasteiger partial charge in [-0.2, -0.15) is 5.26 Å². The van der Waals surface area contributed by atoms with E-state index in [9.17, 15) is 0 Å². The maximum atomic E-state index is 8.81. The van der Waals surface area contributed by atoms with E-state index in [0.29, 0.717) is 13.0 Å². The number of unbranched alkanes of at least 4 members (excludes halogenated alkanes) is 1. The van der Waals surface area contributed by atoms with E-state index < -0.39 is 0 Å². The van der Waals surface area contributed by atoms with Gasteiger partial charge in [0.05, 0.1) is 17.1 Å². The average Bonchev–Trinajstić information content (AvgIpc) is 2.91. The van der Waals surface area contributed by atoms with Gasteiger partial charge in [0.2, 0.25) is 0 Å². The van der Waals surface area contributed by atoms with E-state index in [1.807, 2.05) is 30.3 Å². The number of hydrogen-bond donors (Lipinski definition) is 0. The quantitative estimate of drug-likeness (QED) is 0.627. The van der Waals surface area contributed by atoms with E-state index in [1.165, 1.54) is 11.1 Å². The van der Waals surface area contributed by atoms with Crippen LogP contribution in [0.25, 0.3) is 11.0 Å². The summed E-state index contributed by atoms with van der Waals surface area (Å²) in [6.07, 6.45) is 1.36. The molecule has 4 heteroatoms. The van der Waals surface area contributed by atoms with Crippen LogP contribution < -0.4 is 4.74 Å². The third-order valence-corrected chi connectivity index (χ3v) is 4.22. The number of rotatable bonds is 6. The number of benzene rings is 2. The summed E-state index contributed by atoms with van der Waals surface area (Å²) in [6.45, 7) is 5.41. The summed E-state index contributed by atoms with van der Waals surface area (Å²) in [5.41, 5.74) is 4.59. The van der Waals surface area contributed by atoms with Crippen LogP contribution in [0, 0.1) is 25.2 Å². The number of ether oxygens (including phenoxy) is 1. The minimum absolute atomic E-state index is 0.420. The van der Waals surface area contributed by atoms with E-state index in [-0.39, 0.29) is 0 Å². The highest BCUT2D eigenvalue weighted by atomic mass is 16.5. The van der Waals surface area contributed by atoms with E-state index in [2.05, 4.69) is 36.6 Å². The highest BCUT2D eigenvalue weighted by Crippen LogP contribution is 2.22. The zero-order valence-corrected chi connectivity index (χ0v) is 14.1. The molecule has 0 fully saturated rings. The molecule has 0 aliphatic heterocycles. The van der Waals surface area contributed by atoms with E-state index in [1.54, 1.807) is 0 Å². The number of hydrogen-bond acceptors (Lipinski definition) is 3. The first-order valence-electron chi connectivity index (χ1n) is 8.20. The van der Waals surface area contributed by atoms with E-state index >= 15 is 0 Å². The number of imidazole rings is 1. The van der Waals surface area contributed by atoms with Gasteiger partial charge in [0.1, 0.15) is 18.2 Å². The number of nitriles is 1. The molecule has 0 spiro atoms. The molecular formula is C20H21N3O. The molecule has 1 aromatic heterocycles. The maximum absolute atomic E-state index is 8.81. The van der Waals surface area contributed by atoms with Crippen molar-refractivity contribution in [2.24, 2.45) is 0 Å². The molecule has 2 aromatic carbocycles. The topological polar surface area (TPSA) is 50.8 Å². The molecule has 0 N–H and O–H groups in total. The molecule has 0 saturated heterocycles. The molecule has 0 aliphatic rings. The summed E-state index contributed by atoms with van der Waals surface area (Å²) in [5.74, 6) is 1.73. The van der Waals surface area contributed by atoms with Crippen LogP contribution >= 0.6 is 0 Å². The Hall–Kier alpha value is -2.80. The van der Waals surface area contributed by atoms with Gasteiger partial charge in [0, 0.05) is 13.0 Å². The first kappa shape index (κ1) is 16.1. The first-order chi connectivity index (χ1) is 11.7. The Balaban J connectivity index is 1.92. The van der Waals surface area contributed by atoms with Crippen LogP contribution in [-0.2, 0) is 13.2 Å². The summed E-state index contributed by atoms with van der Waals surface area (Å²) in [7, 11) is 0. The summed E-state index contributed by atoms with van der Waals surface area (Å²) in [5, 5.41) is 8.81. The van der Waals surface area contributed by atoms with Crippen molar-refractivity contribution in [1.29, 1.82) is 5.26 Å². The molecule has 0 atom stereocenters. The number of aromatic nitrogens is 2. The Morgan fingerprint density at radius 1 is 1.12 bits per heavy atom. The second-order valence-corrected chi connectivity index (χ2v) is 5.97. The van der Waals surface area contributed by atoms with Crippen molar-refractivity contribution in [2.75, 3.05) is 0 Å². The predicted molar refractivity (Wildman–Crippen MR) is 94.8 cm³/mol. The molecular weight excluding hydrogens is 298 g/mol. The van der Waals surface area contributed by atoms with Gasteiger partial charge in [-0.3, -0.25) is 0 Å². The molecule has 4 nitrogen and oxygen atoms in total. The molecule has 122 valence electrons. The van der Waals surface area contributed by atoms with Crippen LogP contribution in [0.5, 0.6) is 5.75 Å². The van der Waals surface area contributed by atoms with Gasteiger partial charge in [-0.1, -0.05) is 18.2 Å². The van der Waals surface area contributed by atoms with Gasteiger partial charge >= 0.3 is 0 Å². The third kappa shape index (κ3) is 3.41. The molecule has 0 bridgehead atoms. The molecule has 0 radical (unpaired) electrons. The lowest BCUT2D eigenvalue weighted by Gasteiger charge is -2.10. The average molecular weight is 319 g/mol. The van der Waals surface area contributed by atoms with Gasteiger partial charge in [0.15, 0.2) is 0 Å². The largest absolute Gasteiger partial charge is 0.486 e. The van der Waals surface area contributed by atoms with Crippen molar-refractivity contribution in [1.82, 2.24) is 9.55 Å². The van der Waals surface area contributed by atoms with Crippen molar-refractivity contribution in [3.63, 3.8) is 0 Å². The number of fused-ring (bicyclic) bond motifs is 1. The predicted octanol–water partition coefficient (Wildman–Crippen LogP) is 4.54. The molecule has 3 aromatic rings. The second kappa shape index (κ2) is 7.18. The molecule has 0 aliphatic carbocycles. The fraction of sp³-hybridized carbons (Fsp3) is 0.300. The van der Waals surface area contributed by atoms with E-state index in [0.717, 1.165) is 35.6 Å². The normalized spacial score (nSPS) is 10.7. The standard InChI is InChI=1S/C20H21N3O/c1-15-12-18-19(13-16(15)2)23(11-7-6-10-21)20(22-18)14-24-17-8-4-3-5-9-17/h3-5,8-9,12-13H,6-7,11,14H2,1-2H3. The van der Waals surface area contributed by atoms with Crippen molar-refractivity contribution < 1.29 is 4.74 Å². The van der Waals surface area contributed by atoms with Gasteiger partial charge in [-0.25, -0.2) is 4.98 Å². The number of nitrogens with zero attached hydrogens (tertiary/aromatic N) is 3. The molecule has 0 amide bonds. The van der Waals surface area contributed by atoms with Crippen LogP contribution in [-0.4, -0.2) is 9.55 Å². The van der Waals surface area contributed by atoms with Gasteiger partial charge in [-0.15, -0.1) is 0 Å². The highest BCUT2D eigenvalue weighted by Gasteiger charge is 2.12. The van der Waals surface area contributed by atoms with Crippen molar-refractivity contribution in [3.8, 4) is 11.8 Å². The van der Waals surface area contributed by atoms with Crippen molar-refractivity contribution in [2.45, 2.75) is 39.8 Å². The number of aryl methyl sites for hydroxylation is 3. The Morgan fingerprint density at radius 2 is 1.88 bits per heavy atom. The van der Waals surface area contributed by atoms with Crippen molar-refractivity contribution in [3.05, 3.63) is 59.4 Å². The fourth-order valence-corrected chi connectivity index (χ4v) is 2.77. The molecule has 3 rings (SSSR count). The van der Waals surface area contributed by atoms with Crippen LogP contribution in [0.2, 0.25) is 0 Å². The van der Waals surface area contributed by atoms with Crippen LogP contribution in [0.3, 0.4) is 0 Å². The van der Waals surface area contributed by atoms with Crippen molar-refractivity contribution >= 4 is 11.0 Å². The second-order valence-electron chi connectivity index (χ2n) is 5.97. The Bertz CT molecular complexity index is 875. The monoisotopic (exact) mass is 319 g/mol. The summed E-state index contributed by atoms with van der Waals surface area (Å²) < 4.78 is 8.06. The fourth-order valence-electron chi connectivity index (χ4n) is 2.77. The third-order valence-electron chi connectivity index (χ3n) is 4.22. The molecule has 0 unspecified atom stereocenters. The smallest absolute Gasteiger partial charge is 0.147 e. The van der Waals surface area contributed by atoms with E-state index in [4.69, 9.17) is 15.0 Å². The first-order valence-corrected chi connectivity index (χ1v) is 8.20. The zero-order valence-electron chi connectivity index (χ0n) is 14.1. The molecule has 1 heterocycles. The Kier molecular flexibility index (Phi) is 4.81. The maximum Gasteiger partial charge on any atom is 0.147 e. The SMILES string of the molecule is Cc1cc2nc(COc3ccccc3)n(CCCC#N)c2cc1C. The summed E-state index contributed by atoms with van der Waals surface area (Å²) in [6, 6.07) is 16.3. The Labute approximate surface area is 142 Å². The van der Waals surface area contributed by atoms with Gasteiger partial charge < -0.3 is 9.30 Å². The zero-order chi connectivity index (χ0) is 16.9. The number of para-hydroxylation sites is 1. The van der Waals surface area contributed by atoms with Gasteiger partial charge in [-0.05, 0) is 55.7 Å². The van der Waals surface area contributed by atoms with Crippen LogP contribution in [0.15, 0.2) is 42.5 Å². The minimum Gasteiger partial charge on any atom is -0.486 e. The lowest BCUT2D eigenvalue weighted by Crippen LogP contribution is -2.07. The van der Waals surface area contributed by atoms with Gasteiger partial charge in [0.25, 0.3) is 0 Å². The highest BCUT2D eigenvalue weighted by molar-refractivity contribution is 5.78. The lowest BCUT2D eigenvalue weighted by atomic mass is 10.1. The van der Waals surface area contributed by atoms with Crippen LogP contribution in [0.1, 0.15) is 29.8 Å². The molecule has 24 heavy (non-hydrogen) atoms. The lowest BCUT2D eigenvalue weighted by molar-refractivity contribution is 0.290.